The van der Waals surface area contributed by atoms with Gasteiger partial charge in [-0.05, 0) is 18.1 Å². The summed E-state index contributed by atoms with van der Waals surface area (Å²) < 4.78 is 6.04. The normalized spacial score (nSPS) is 23.6. The molecule has 1 aliphatic heterocycles. The van der Waals surface area contributed by atoms with Gasteiger partial charge < -0.3 is 4.74 Å². The summed E-state index contributed by atoms with van der Waals surface area (Å²) in [6.45, 7) is 4.85. The molecule has 0 amide bonds. The molecule has 98 valence electrons. The van der Waals surface area contributed by atoms with E-state index in [0.717, 1.165) is 19.7 Å². The van der Waals surface area contributed by atoms with Crippen molar-refractivity contribution in [2.75, 3.05) is 13.2 Å². The summed E-state index contributed by atoms with van der Waals surface area (Å²) in [6.07, 6.45) is 0. The zero-order valence-corrected chi connectivity index (χ0v) is 11.3. The van der Waals surface area contributed by atoms with Crippen LogP contribution in [0.3, 0.4) is 0 Å². The Balaban J connectivity index is 1.85. The molecule has 1 unspecified atom stereocenters. The van der Waals surface area contributed by atoms with E-state index in [1.54, 1.807) is 0 Å². The van der Waals surface area contributed by atoms with Crippen LogP contribution in [0, 0.1) is 0 Å². The second-order valence-corrected chi connectivity index (χ2v) is 5.10. The number of nitrogens with zero attached hydrogens (tertiary/aromatic N) is 1. The highest BCUT2D eigenvalue weighted by molar-refractivity contribution is 5.23. The zero-order valence-electron chi connectivity index (χ0n) is 11.3. The van der Waals surface area contributed by atoms with Gasteiger partial charge in [0.15, 0.2) is 0 Å². The largest absolute Gasteiger partial charge is 0.355 e. The van der Waals surface area contributed by atoms with E-state index in [1.807, 2.05) is 6.07 Å². The van der Waals surface area contributed by atoms with Crippen molar-refractivity contribution in [3.63, 3.8) is 0 Å². The first-order valence-electron chi connectivity index (χ1n) is 6.77. The summed E-state index contributed by atoms with van der Waals surface area (Å²) >= 11 is 0. The van der Waals surface area contributed by atoms with Crippen LogP contribution in [-0.2, 0) is 17.0 Å². The second-order valence-electron chi connectivity index (χ2n) is 5.10. The fourth-order valence-electron chi connectivity index (χ4n) is 2.71. The standard InChI is InChI=1S/C17H19NO/c1-17(16-10-6-3-7-11-16)18(12-13-19-17)14-15-8-4-2-5-9-15/h2-11H,12-14H2,1H3. The minimum absolute atomic E-state index is 0.308. The number of benzene rings is 2. The summed E-state index contributed by atoms with van der Waals surface area (Å²) in [7, 11) is 0. The van der Waals surface area contributed by atoms with Crippen molar-refractivity contribution >= 4 is 0 Å². The number of rotatable bonds is 3. The molecule has 3 rings (SSSR count). The lowest BCUT2D eigenvalue weighted by molar-refractivity contribution is -0.0765. The first-order valence-corrected chi connectivity index (χ1v) is 6.77. The Labute approximate surface area is 114 Å². The summed E-state index contributed by atoms with van der Waals surface area (Å²) in [6, 6.07) is 21.0. The predicted molar refractivity (Wildman–Crippen MR) is 76.6 cm³/mol. The molecule has 1 heterocycles. The van der Waals surface area contributed by atoms with Crippen LogP contribution < -0.4 is 0 Å². The lowest BCUT2D eigenvalue weighted by Gasteiger charge is -2.34. The molecule has 2 heteroatoms. The van der Waals surface area contributed by atoms with E-state index in [-0.39, 0.29) is 5.72 Å². The molecule has 1 atom stereocenters. The van der Waals surface area contributed by atoms with E-state index in [9.17, 15) is 0 Å². The van der Waals surface area contributed by atoms with Crippen LogP contribution in [0.25, 0.3) is 0 Å². The quantitative estimate of drug-likeness (QED) is 0.831. The first kappa shape index (κ1) is 12.4. The summed E-state index contributed by atoms with van der Waals surface area (Å²) in [5.74, 6) is 0. The van der Waals surface area contributed by atoms with Crippen molar-refractivity contribution < 1.29 is 4.74 Å². The molecular weight excluding hydrogens is 234 g/mol. The Morgan fingerprint density at radius 3 is 2.32 bits per heavy atom. The highest BCUT2D eigenvalue weighted by Crippen LogP contribution is 2.34. The molecule has 1 saturated heterocycles. The maximum absolute atomic E-state index is 6.04. The molecule has 1 fully saturated rings. The van der Waals surface area contributed by atoms with Crippen LogP contribution in [-0.4, -0.2) is 18.1 Å². The molecule has 2 aromatic carbocycles. The van der Waals surface area contributed by atoms with Gasteiger partial charge in [-0.3, -0.25) is 4.90 Å². The van der Waals surface area contributed by atoms with Gasteiger partial charge in [0.2, 0.25) is 0 Å². The van der Waals surface area contributed by atoms with Gasteiger partial charge in [0.1, 0.15) is 5.72 Å². The molecule has 0 bridgehead atoms. The van der Waals surface area contributed by atoms with Crippen LogP contribution >= 0.6 is 0 Å². The van der Waals surface area contributed by atoms with Crippen LogP contribution in [0.4, 0.5) is 0 Å². The fourth-order valence-corrected chi connectivity index (χ4v) is 2.71. The van der Waals surface area contributed by atoms with Gasteiger partial charge in [-0.15, -0.1) is 0 Å². The van der Waals surface area contributed by atoms with Crippen molar-refractivity contribution in [3.05, 3.63) is 71.8 Å². The fraction of sp³-hybridized carbons (Fsp3) is 0.294. The topological polar surface area (TPSA) is 12.5 Å². The van der Waals surface area contributed by atoms with Gasteiger partial charge in [0.25, 0.3) is 0 Å². The first-order chi connectivity index (χ1) is 9.29. The van der Waals surface area contributed by atoms with Gasteiger partial charge in [-0.1, -0.05) is 60.7 Å². The number of hydrogen-bond donors (Lipinski definition) is 0. The molecule has 0 spiro atoms. The molecule has 0 radical (unpaired) electrons. The maximum atomic E-state index is 6.04. The van der Waals surface area contributed by atoms with Crippen LogP contribution in [0.15, 0.2) is 60.7 Å². The molecule has 0 aromatic heterocycles. The smallest absolute Gasteiger partial charge is 0.145 e. The van der Waals surface area contributed by atoms with E-state index < -0.39 is 0 Å². The minimum atomic E-state index is -0.308. The van der Waals surface area contributed by atoms with E-state index >= 15 is 0 Å². The molecule has 0 aliphatic carbocycles. The van der Waals surface area contributed by atoms with Crippen molar-refractivity contribution in [1.82, 2.24) is 4.90 Å². The lowest BCUT2D eigenvalue weighted by atomic mass is 10.0. The lowest BCUT2D eigenvalue weighted by Crippen LogP contribution is -2.39. The maximum Gasteiger partial charge on any atom is 0.145 e. The van der Waals surface area contributed by atoms with Gasteiger partial charge in [-0.2, -0.15) is 0 Å². The summed E-state index contributed by atoms with van der Waals surface area (Å²) in [5, 5.41) is 0. The van der Waals surface area contributed by atoms with Crippen molar-refractivity contribution in [1.29, 1.82) is 0 Å². The molecule has 19 heavy (non-hydrogen) atoms. The molecule has 0 saturated carbocycles. The molecule has 2 aromatic rings. The number of hydrogen-bond acceptors (Lipinski definition) is 2. The van der Waals surface area contributed by atoms with Gasteiger partial charge in [0, 0.05) is 13.1 Å². The zero-order chi connectivity index (χ0) is 13.1. The van der Waals surface area contributed by atoms with Gasteiger partial charge in [-0.25, -0.2) is 0 Å². The summed E-state index contributed by atoms with van der Waals surface area (Å²) in [5.41, 5.74) is 2.25. The van der Waals surface area contributed by atoms with Crippen LogP contribution in [0.1, 0.15) is 18.1 Å². The van der Waals surface area contributed by atoms with Crippen molar-refractivity contribution in [2.45, 2.75) is 19.2 Å². The second kappa shape index (κ2) is 5.16. The number of ether oxygens (including phenoxy) is 1. The predicted octanol–water partition coefficient (Wildman–Crippen LogP) is 3.39. The molecule has 0 N–H and O–H groups in total. The highest BCUT2D eigenvalue weighted by Gasteiger charge is 2.39. The Morgan fingerprint density at radius 1 is 1.00 bits per heavy atom. The van der Waals surface area contributed by atoms with Crippen LogP contribution in [0.5, 0.6) is 0 Å². The Hall–Kier alpha value is -1.64. The van der Waals surface area contributed by atoms with E-state index in [4.69, 9.17) is 4.74 Å². The molecular formula is C17H19NO. The van der Waals surface area contributed by atoms with Gasteiger partial charge >= 0.3 is 0 Å². The third kappa shape index (κ3) is 2.42. The van der Waals surface area contributed by atoms with Gasteiger partial charge in [0.05, 0.1) is 6.61 Å². The van der Waals surface area contributed by atoms with E-state index in [2.05, 4.69) is 66.4 Å². The average molecular weight is 253 g/mol. The summed E-state index contributed by atoms with van der Waals surface area (Å²) in [4.78, 5) is 2.40. The highest BCUT2D eigenvalue weighted by atomic mass is 16.5. The van der Waals surface area contributed by atoms with E-state index in [1.165, 1.54) is 11.1 Å². The Morgan fingerprint density at radius 2 is 1.63 bits per heavy atom. The molecule has 1 aliphatic rings. The van der Waals surface area contributed by atoms with Crippen LogP contribution in [0.2, 0.25) is 0 Å². The van der Waals surface area contributed by atoms with Crippen molar-refractivity contribution in [2.24, 2.45) is 0 Å². The molecule has 2 nitrogen and oxygen atoms in total. The Kier molecular flexibility index (Phi) is 3.36. The minimum Gasteiger partial charge on any atom is -0.355 e. The third-order valence-corrected chi connectivity index (χ3v) is 3.87. The monoisotopic (exact) mass is 253 g/mol. The third-order valence-electron chi connectivity index (χ3n) is 3.87. The average Bonchev–Trinajstić information content (AvgIpc) is 2.84. The SMILES string of the molecule is CC1(c2ccccc2)OCCN1Cc1ccccc1. The Bertz CT molecular complexity index is 525. The van der Waals surface area contributed by atoms with E-state index in [0.29, 0.717) is 0 Å². The van der Waals surface area contributed by atoms with Crippen molar-refractivity contribution in [3.8, 4) is 0 Å².